The Morgan fingerprint density at radius 1 is 1.40 bits per heavy atom. The molecule has 1 fully saturated rings. The van der Waals surface area contributed by atoms with Crippen molar-refractivity contribution < 1.29 is 13.6 Å². The molecule has 3 nitrogen and oxygen atoms in total. The summed E-state index contributed by atoms with van der Waals surface area (Å²) in [7, 11) is 0. The summed E-state index contributed by atoms with van der Waals surface area (Å²) in [5.41, 5.74) is -0.0223. The van der Waals surface area contributed by atoms with E-state index in [1.165, 1.54) is 22.9 Å². The Labute approximate surface area is 84.3 Å². The quantitative estimate of drug-likeness (QED) is 0.700. The van der Waals surface area contributed by atoms with Gasteiger partial charge in [-0.3, -0.25) is 9.59 Å². The van der Waals surface area contributed by atoms with E-state index in [0.29, 0.717) is 11.8 Å². The molecule has 0 saturated heterocycles. The zero-order valence-corrected chi connectivity index (χ0v) is 7.82. The minimum absolute atomic E-state index is 0.324. The van der Waals surface area contributed by atoms with Gasteiger partial charge in [-0.15, -0.1) is 0 Å². The average Bonchev–Trinajstić information content (AvgIpc) is 2.15. The van der Waals surface area contributed by atoms with Crippen LogP contribution in [-0.4, -0.2) is 16.8 Å². The standard InChI is InChI=1S/C10H9F2NO2/c11-10(12)3-8(4-10)13-5-7(6-14)1-2-9(13)15/h1-2,5-6,8H,3-4H2. The molecule has 0 atom stereocenters. The van der Waals surface area contributed by atoms with E-state index < -0.39 is 12.0 Å². The molecule has 15 heavy (non-hydrogen) atoms. The minimum Gasteiger partial charge on any atom is -0.311 e. The molecule has 0 aliphatic heterocycles. The Bertz CT molecular complexity index is 445. The van der Waals surface area contributed by atoms with Crippen LogP contribution in [0.2, 0.25) is 0 Å². The van der Waals surface area contributed by atoms with Crippen LogP contribution in [0.25, 0.3) is 0 Å². The second-order valence-electron chi connectivity index (χ2n) is 3.74. The number of pyridine rings is 1. The fourth-order valence-electron chi connectivity index (χ4n) is 1.70. The van der Waals surface area contributed by atoms with Crippen LogP contribution in [0.1, 0.15) is 29.2 Å². The van der Waals surface area contributed by atoms with Gasteiger partial charge in [0.1, 0.15) is 0 Å². The lowest BCUT2D eigenvalue weighted by Gasteiger charge is -2.36. The lowest BCUT2D eigenvalue weighted by Crippen LogP contribution is -2.40. The Hall–Kier alpha value is -1.52. The highest BCUT2D eigenvalue weighted by Crippen LogP contribution is 2.44. The molecule has 0 spiro atoms. The van der Waals surface area contributed by atoms with Crippen LogP contribution < -0.4 is 5.56 Å². The number of aromatic nitrogens is 1. The third-order valence-corrected chi connectivity index (χ3v) is 2.56. The second kappa shape index (κ2) is 3.25. The molecular weight excluding hydrogens is 204 g/mol. The maximum Gasteiger partial charge on any atom is 0.252 e. The number of rotatable bonds is 2. The summed E-state index contributed by atoms with van der Waals surface area (Å²) >= 11 is 0. The fraction of sp³-hybridized carbons (Fsp3) is 0.400. The predicted octanol–water partition coefficient (Wildman–Crippen LogP) is 1.63. The Balaban J connectivity index is 2.29. The molecule has 0 bridgehead atoms. The maximum atomic E-state index is 12.6. The summed E-state index contributed by atoms with van der Waals surface area (Å²) in [6.45, 7) is 0. The van der Waals surface area contributed by atoms with E-state index in [9.17, 15) is 18.4 Å². The van der Waals surface area contributed by atoms with Crippen LogP contribution >= 0.6 is 0 Å². The third-order valence-electron chi connectivity index (χ3n) is 2.56. The lowest BCUT2D eigenvalue weighted by atomic mass is 9.88. The van der Waals surface area contributed by atoms with Gasteiger partial charge >= 0.3 is 0 Å². The zero-order chi connectivity index (χ0) is 11.1. The van der Waals surface area contributed by atoms with Gasteiger partial charge in [0, 0.05) is 36.7 Å². The van der Waals surface area contributed by atoms with Crippen LogP contribution in [-0.2, 0) is 0 Å². The zero-order valence-electron chi connectivity index (χ0n) is 7.82. The number of alkyl halides is 2. The van der Waals surface area contributed by atoms with Crippen molar-refractivity contribution in [2.45, 2.75) is 24.8 Å². The molecular formula is C10H9F2NO2. The van der Waals surface area contributed by atoms with E-state index in [0.717, 1.165) is 0 Å². The number of aldehydes is 1. The molecule has 0 aromatic carbocycles. The van der Waals surface area contributed by atoms with Crippen molar-refractivity contribution in [2.24, 2.45) is 0 Å². The van der Waals surface area contributed by atoms with E-state index in [1.54, 1.807) is 0 Å². The van der Waals surface area contributed by atoms with Crippen molar-refractivity contribution in [1.29, 1.82) is 0 Å². The van der Waals surface area contributed by atoms with Crippen molar-refractivity contribution in [2.75, 3.05) is 0 Å². The van der Waals surface area contributed by atoms with E-state index in [-0.39, 0.29) is 18.4 Å². The summed E-state index contributed by atoms with van der Waals surface area (Å²) in [4.78, 5) is 21.8. The number of halogens is 2. The summed E-state index contributed by atoms with van der Waals surface area (Å²) in [6.07, 6.45) is 1.27. The topological polar surface area (TPSA) is 39.1 Å². The van der Waals surface area contributed by atoms with Crippen molar-refractivity contribution in [1.82, 2.24) is 4.57 Å². The first-order valence-electron chi connectivity index (χ1n) is 4.57. The molecule has 0 amide bonds. The maximum absolute atomic E-state index is 12.6. The van der Waals surface area contributed by atoms with Crippen molar-refractivity contribution in [3.63, 3.8) is 0 Å². The van der Waals surface area contributed by atoms with Gasteiger partial charge in [-0.05, 0) is 6.07 Å². The van der Waals surface area contributed by atoms with Gasteiger partial charge in [0.15, 0.2) is 6.29 Å². The summed E-state index contributed by atoms with van der Waals surface area (Å²) in [5, 5.41) is 0. The van der Waals surface area contributed by atoms with E-state index in [1.807, 2.05) is 0 Å². The highest BCUT2D eigenvalue weighted by atomic mass is 19.3. The molecule has 5 heteroatoms. The predicted molar refractivity (Wildman–Crippen MR) is 49.3 cm³/mol. The van der Waals surface area contributed by atoms with Crippen molar-refractivity contribution in [3.05, 3.63) is 34.2 Å². The molecule has 1 aromatic heterocycles. The van der Waals surface area contributed by atoms with Gasteiger partial charge in [-0.1, -0.05) is 0 Å². The van der Waals surface area contributed by atoms with Crippen LogP contribution in [0.15, 0.2) is 23.1 Å². The smallest absolute Gasteiger partial charge is 0.252 e. The SMILES string of the molecule is O=Cc1ccc(=O)n(C2CC(F)(F)C2)c1. The third kappa shape index (κ3) is 1.82. The molecule has 80 valence electrons. The van der Waals surface area contributed by atoms with Crippen LogP contribution in [0.3, 0.4) is 0 Å². The lowest BCUT2D eigenvalue weighted by molar-refractivity contribution is -0.104. The largest absolute Gasteiger partial charge is 0.311 e. The van der Waals surface area contributed by atoms with Crippen molar-refractivity contribution in [3.8, 4) is 0 Å². The van der Waals surface area contributed by atoms with E-state index >= 15 is 0 Å². The second-order valence-corrected chi connectivity index (χ2v) is 3.74. The summed E-state index contributed by atoms with van der Waals surface area (Å²) in [5.74, 6) is -2.67. The van der Waals surface area contributed by atoms with Crippen molar-refractivity contribution >= 4 is 6.29 Å². The fourth-order valence-corrected chi connectivity index (χ4v) is 1.70. The molecule has 0 radical (unpaired) electrons. The molecule has 1 heterocycles. The van der Waals surface area contributed by atoms with Gasteiger partial charge < -0.3 is 4.57 Å². The van der Waals surface area contributed by atoms with E-state index in [2.05, 4.69) is 0 Å². The van der Waals surface area contributed by atoms with Gasteiger partial charge in [-0.25, -0.2) is 8.78 Å². The number of carbonyl (C=O) groups excluding carboxylic acids is 1. The van der Waals surface area contributed by atoms with Gasteiger partial charge in [-0.2, -0.15) is 0 Å². The Morgan fingerprint density at radius 2 is 2.07 bits per heavy atom. The molecule has 0 unspecified atom stereocenters. The highest BCUT2D eigenvalue weighted by Gasteiger charge is 2.46. The summed E-state index contributed by atoms with van der Waals surface area (Å²) in [6, 6.07) is 2.12. The number of carbonyl (C=O) groups is 1. The average molecular weight is 213 g/mol. The number of nitrogens with zero attached hydrogens (tertiary/aromatic N) is 1. The molecule has 2 rings (SSSR count). The molecule has 1 aromatic rings. The summed E-state index contributed by atoms with van der Waals surface area (Å²) < 4.78 is 26.4. The normalized spacial score (nSPS) is 19.6. The first-order chi connectivity index (χ1) is 7.02. The van der Waals surface area contributed by atoms with Crippen LogP contribution in [0.4, 0.5) is 8.78 Å². The highest BCUT2D eigenvalue weighted by molar-refractivity contribution is 5.73. The first-order valence-corrected chi connectivity index (χ1v) is 4.57. The van der Waals surface area contributed by atoms with E-state index in [4.69, 9.17) is 0 Å². The van der Waals surface area contributed by atoms with Crippen LogP contribution in [0.5, 0.6) is 0 Å². The minimum atomic E-state index is -2.67. The van der Waals surface area contributed by atoms with Gasteiger partial charge in [0.05, 0.1) is 0 Å². The molecule has 1 aliphatic carbocycles. The van der Waals surface area contributed by atoms with Gasteiger partial charge in [0.25, 0.3) is 11.5 Å². The number of hydrogen-bond acceptors (Lipinski definition) is 2. The monoisotopic (exact) mass is 213 g/mol. The van der Waals surface area contributed by atoms with Crippen LogP contribution in [0, 0.1) is 0 Å². The molecule has 1 saturated carbocycles. The first kappa shape index (κ1) is 10.0. The molecule has 0 N–H and O–H groups in total. The Morgan fingerprint density at radius 3 is 2.60 bits per heavy atom. The van der Waals surface area contributed by atoms with Gasteiger partial charge in [0.2, 0.25) is 0 Å². The molecule has 1 aliphatic rings. The Kier molecular flexibility index (Phi) is 2.17. The number of hydrogen-bond donors (Lipinski definition) is 0.